The smallest absolute Gasteiger partial charge is 0.330 e. The van der Waals surface area contributed by atoms with E-state index in [2.05, 4.69) is 6.58 Å². The summed E-state index contributed by atoms with van der Waals surface area (Å²) in [6, 6.07) is 0. The number of carbonyl (C=O) groups excluding carboxylic acids is 1. The van der Waals surface area contributed by atoms with Crippen molar-refractivity contribution in [1.29, 1.82) is 0 Å². The van der Waals surface area contributed by atoms with Gasteiger partial charge in [0.15, 0.2) is 0 Å². The lowest BCUT2D eigenvalue weighted by Gasteiger charge is -2.07. The molecule has 0 spiro atoms. The maximum absolute atomic E-state index is 10.7. The largest absolute Gasteiger partial charge is 0.460 e. The van der Waals surface area contributed by atoms with Crippen LogP contribution in [0.4, 0.5) is 0 Å². The van der Waals surface area contributed by atoms with E-state index in [4.69, 9.17) is 29.4 Å². The Hall–Kier alpha value is -0.990. The minimum atomic E-state index is -0.447. The van der Waals surface area contributed by atoms with E-state index in [9.17, 15) is 4.79 Å². The van der Waals surface area contributed by atoms with Gasteiger partial charge < -0.3 is 29.4 Å². The number of carbonyl (C=O) groups is 1. The molecule has 0 atom stereocenters. The molecule has 0 saturated carbocycles. The summed E-state index contributed by atoms with van der Waals surface area (Å²) in [5.74, 6) is -0.447. The van der Waals surface area contributed by atoms with Gasteiger partial charge >= 0.3 is 5.97 Å². The monoisotopic (exact) mass is 291 g/mol. The number of ether oxygens (including phenoxy) is 5. The Bertz CT molecular complexity index is 237. The third-order valence-electron chi connectivity index (χ3n) is 2.02. The summed E-state index contributed by atoms with van der Waals surface area (Å²) in [5, 5.41) is 0. The first-order chi connectivity index (χ1) is 9.81. The highest BCUT2D eigenvalue weighted by molar-refractivity contribution is 5.81. The molecule has 2 N–H and O–H groups in total. The van der Waals surface area contributed by atoms with Gasteiger partial charge in [-0.1, -0.05) is 6.58 Å². The van der Waals surface area contributed by atoms with Crippen LogP contribution >= 0.6 is 0 Å². The number of rotatable bonds is 15. The van der Waals surface area contributed by atoms with Gasteiger partial charge in [-0.05, 0) is 0 Å². The number of hydrogen-bond acceptors (Lipinski definition) is 7. The number of nitrogens with two attached hydrogens (primary N) is 1. The minimum Gasteiger partial charge on any atom is -0.460 e. The minimum absolute atomic E-state index is 0.219. The van der Waals surface area contributed by atoms with E-state index >= 15 is 0 Å². The first-order valence-corrected chi connectivity index (χ1v) is 6.61. The zero-order chi connectivity index (χ0) is 14.9. The first kappa shape index (κ1) is 19.0. The van der Waals surface area contributed by atoms with Crippen molar-refractivity contribution >= 4 is 5.97 Å². The van der Waals surface area contributed by atoms with E-state index in [0.717, 1.165) is 6.08 Å². The van der Waals surface area contributed by atoms with Crippen LogP contribution < -0.4 is 5.73 Å². The Morgan fingerprint density at radius 3 is 1.60 bits per heavy atom. The van der Waals surface area contributed by atoms with Gasteiger partial charge in [0, 0.05) is 12.6 Å². The van der Waals surface area contributed by atoms with Crippen LogP contribution in [0.3, 0.4) is 0 Å². The summed E-state index contributed by atoms with van der Waals surface area (Å²) in [5.41, 5.74) is 5.26. The lowest BCUT2D eigenvalue weighted by molar-refractivity contribution is -0.139. The first-order valence-electron chi connectivity index (χ1n) is 6.61. The average molecular weight is 291 g/mol. The SMILES string of the molecule is C=CC(=O)OCCOCCOCCOCCOCCN. The van der Waals surface area contributed by atoms with Crippen LogP contribution in [0.1, 0.15) is 0 Å². The average Bonchev–Trinajstić information content (AvgIpc) is 2.47. The predicted octanol–water partition coefficient (Wildman–Crippen LogP) is -0.259. The molecule has 0 saturated heterocycles. The highest BCUT2D eigenvalue weighted by atomic mass is 16.6. The Morgan fingerprint density at radius 1 is 0.800 bits per heavy atom. The third-order valence-corrected chi connectivity index (χ3v) is 2.02. The Morgan fingerprint density at radius 2 is 1.20 bits per heavy atom. The maximum atomic E-state index is 10.7. The van der Waals surface area contributed by atoms with Crippen LogP contribution in [0.2, 0.25) is 0 Å². The summed E-state index contributed by atoms with van der Waals surface area (Å²) < 4.78 is 25.6. The number of esters is 1. The topological polar surface area (TPSA) is 89.2 Å². The van der Waals surface area contributed by atoms with E-state index < -0.39 is 5.97 Å². The molecule has 118 valence electrons. The van der Waals surface area contributed by atoms with Gasteiger partial charge in [-0.3, -0.25) is 0 Å². The summed E-state index contributed by atoms with van der Waals surface area (Å²) in [6.45, 7) is 7.96. The van der Waals surface area contributed by atoms with Crippen molar-refractivity contribution in [3.63, 3.8) is 0 Å². The second-order valence-electron chi connectivity index (χ2n) is 3.61. The molecule has 7 nitrogen and oxygen atoms in total. The van der Waals surface area contributed by atoms with Crippen LogP contribution in [0.5, 0.6) is 0 Å². The van der Waals surface area contributed by atoms with Gasteiger partial charge in [0.2, 0.25) is 0 Å². The Balaban J connectivity index is 2.99. The summed E-state index contributed by atoms with van der Waals surface area (Å²) in [7, 11) is 0. The fourth-order valence-electron chi connectivity index (χ4n) is 1.11. The van der Waals surface area contributed by atoms with E-state index in [-0.39, 0.29) is 6.61 Å². The zero-order valence-corrected chi connectivity index (χ0v) is 11.9. The zero-order valence-electron chi connectivity index (χ0n) is 11.9. The van der Waals surface area contributed by atoms with Crippen molar-refractivity contribution in [1.82, 2.24) is 0 Å². The quantitative estimate of drug-likeness (QED) is 0.252. The highest BCUT2D eigenvalue weighted by Gasteiger charge is 1.95. The van der Waals surface area contributed by atoms with Gasteiger partial charge in [0.05, 0.1) is 52.9 Å². The molecule has 0 aliphatic carbocycles. The van der Waals surface area contributed by atoms with Crippen LogP contribution in [0.25, 0.3) is 0 Å². The second-order valence-corrected chi connectivity index (χ2v) is 3.61. The molecule has 0 rings (SSSR count). The summed E-state index contributed by atoms with van der Waals surface area (Å²) in [6.07, 6.45) is 1.12. The van der Waals surface area contributed by atoms with Gasteiger partial charge in [-0.25, -0.2) is 4.79 Å². The van der Waals surface area contributed by atoms with Crippen molar-refractivity contribution < 1.29 is 28.5 Å². The molecule has 0 aromatic heterocycles. The van der Waals surface area contributed by atoms with E-state index in [1.807, 2.05) is 0 Å². The van der Waals surface area contributed by atoms with Crippen LogP contribution in [-0.2, 0) is 28.5 Å². The van der Waals surface area contributed by atoms with Crippen molar-refractivity contribution in [2.45, 2.75) is 0 Å². The molecule has 0 radical (unpaired) electrons. The molecule has 0 fully saturated rings. The van der Waals surface area contributed by atoms with Gasteiger partial charge in [-0.2, -0.15) is 0 Å². The molecule has 0 aliphatic rings. The molecule has 20 heavy (non-hydrogen) atoms. The molecule has 0 bridgehead atoms. The molecule has 0 heterocycles. The normalized spacial score (nSPS) is 10.4. The van der Waals surface area contributed by atoms with E-state index in [1.165, 1.54) is 0 Å². The van der Waals surface area contributed by atoms with Crippen molar-refractivity contribution in [2.24, 2.45) is 5.73 Å². The maximum Gasteiger partial charge on any atom is 0.330 e. The molecule has 0 aromatic carbocycles. The fraction of sp³-hybridized carbons (Fsp3) is 0.769. The Labute approximate surface area is 119 Å². The molecular formula is C13H25NO6. The summed E-state index contributed by atoms with van der Waals surface area (Å²) >= 11 is 0. The predicted molar refractivity (Wildman–Crippen MR) is 73.5 cm³/mol. The van der Waals surface area contributed by atoms with Gasteiger partial charge in [0.25, 0.3) is 0 Å². The van der Waals surface area contributed by atoms with Crippen LogP contribution in [-0.4, -0.2) is 72.0 Å². The summed E-state index contributed by atoms with van der Waals surface area (Å²) in [4.78, 5) is 10.7. The Kier molecular flexibility index (Phi) is 15.3. The molecule has 0 amide bonds. The van der Waals surface area contributed by atoms with Crippen molar-refractivity contribution in [3.05, 3.63) is 12.7 Å². The van der Waals surface area contributed by atoms with Crippen molar-refractivity contribution in [3.8, 4) is 0 Å². The van der Waals surface area contributed by atoms with Crippen LogP contribution in [0, 0.1) is 0 Å². The standard InChI is InChI=1S/C13H25NO6/c1-2-13(15)20-12-11-19-10-9-18-8-7-17-6-5-16-4-3-14/h2H,1,3-12,14H2. The lowest BCUT2D eigenvalue weighted by Crippen LogP contribution is -2.15. The van der Waals surface area contributed by atoms with Crippen molar-refractivity contribution in [2.75, 3.05) is 66.0 Å². The molecular weight excluding hydrogens is 266 g/mol. The van der Waals surface area contributed by atoms with Gasteiger partial charge in [0.1, 0.15) is 6.61 Å². The molecule has 0 unspecified atom stereocenters. The van der Waals surface area contributed by atoms with Crippen LogP contribution in [0.15, 0.2) is 12.7 Å². The molecule has 0 aliphatic heterocycles. The third kappa shape index (κ3) is 15.1. The van der Waals surface area contributed by atoms with E-state index in [1.54, 1.807) is 0 Å². The highest BCUT2D eigenvalue weighted by Crippen LogP contribution is 1.84. The fourth-order valence-corrected chi connectivity index (χ4v) is 1.11. The van der Waals surface area contributed by atoms with E-state index in [0.29, 0.717) is 59.4 Å². The van der Waals surface area contributed by atoms with Gasteiger partial charge in [-0.15, -0.1) is 0 Å². The molecule has 0 aromatic rings. The number of hydrogen-bond donors (Lipinski definition) is 1. The lowest BCUT2D eigenvalue weighted by atomic mass is 10.6. The molecule has 7 heteroatoms. The second kappa shape index (κ2) is 16.1.